The Morgan fingerprint density at radius 1 is 1.32 bits per heavy atom. The molecule has 136 valence electrons. The lowest BCUT2D eigenvalue weighted by atomic mass is 9.96. The molecule has 25 heavy (non-hydrogen) atoms. The van der Waals surface area contributed by atoms with Gasteiger partial charge in [-0.3, -0.25) is 14.5 Å². The predicted molar refractivity (Wildman–Crippen MR) is 109 cm³/mol. The zero-order valence-electron chi connectivity index (χ0n) is 15.3. The molecular formula is C18H25N3O2S2. The number of thiocarbonyl (C=S) groups is 1. The van der Waals surface area contributed by atoms with Gasteiger partial charge in [0.1, 0.15) is 9.86 Å². The van der Waals surface area contributed by atoms with E-state index in [0.29, 0.717) is 10.0 Å². The van der Waals surface area contributed by atoms with Crippen molar-refractivity contribution in [3.8, 4) is 0 Å². The van der Waals surface area contributed by atoms with E-state index in [0.717, 1.165) is 18.8 Å². The molecule has 0 fully saturated rings. The Morgan fingerprint density at radius 2 is 1.92 bits per heavy atom. The standard InChI is InChI=1S/C18H25N3O2S2/c1-6-20(7-2)17(24)25-12(3)15(22)21-14-11-9-8-10-13(14)19-16(23)18(21,4)5/h8-12H,6-7H2,1-5H3,(H,19,23)/t12-/m1/s1. The minimum atomic E-state index is -0.961. The molecule has 0 aliphatic carbocycles. The second kappa shape index (κ2) is 7.74. The molecule has 1 N–H and O–H groups in total. The predicted octanol–water partition coefficient (Wildman–Crippen LogP) is 3.50. The van der Waals surface area contributed by atoms with Gasteiger partial charge in [-0.2, -0.15) is 0 Å². The van der Waals surface area contributed by atoms with Gasteiger partial charge in [0.05, 0.1) is 16.6 Å². The van der Waals surface area contributed by atoms with Crippen LogP contribution in [0.4, 0.5) is 11.4 Å². The maximum absolute atomic E-state index is 13.2. The topological polar surface area (TPSA) is 52.7 Å². The molecule has 0 saturated heterocycles. The highest BCUT2D eigenvalue weighted by molar-refractivity contribution is 8.23. The molecule has 0 bridgehead atoms. The van der Waals surface area contributed by atoms with Gasteiger partial charge in [0, 0.05) is 13.1 Å². The number of amides is 2. The molecule has 1 aromatic carbocycles. The van der Waals surface area contributed by atoms with Crippen LogP contribution in [0.25, 0.3) is 0 Å². The summed E-state index contributed by atoms with van der Waals surface area (Å²) in [5, 5.41) is 2.49. The van der Waals surface area contributed by atoms with Crippen molar-refractivity contribution in [1.82, 2.24) is 4.90 Å². The van der Waals surface area contributed by atoms with Crippen molar-refractivity contribution < 1.29 is 9.59 Å². The van der Waals surface area contributed by atoms with Gasteiger partial charge in [-0.1, -0.05) is 36.1 Å². The van der Waals surface area contributed by atoms with Crippen LogP contribution >= 0.6 is 24.0 Å². The average molecular weight is 380 g/mol. The Morgan fingerprint density at radius 3 is 2.52 bits per heavy atom. The number of hydrogen-bond donors (Lipinski definition) is 1. The van der Waals surface area contributed by atoms with Crippen molar-refractivity contribution in [2.75, 3.05) is 23.3 Å². The molecule has 0 saturated carbocycles. The van der Waals surface area contributed by atoms with Gasteiger partial charge in [0.15, 0.2) is 0 Å². The molecule has 1 aliphatic rings. The van der Waals surface area contributed by atoms with Gasteiger partial charge in [-0.15, -0.1) is 0 Å². The van der Waals surface area contributed by atoms with E-state index in [2.05, 4.69) is 5.32 Å². The summed E-state index contributed by atoms with van der Waals surface area (Å²) >= 11 is 6.84. The molecule has 1 aromatic rings. The minimum Gasteiger partial charge on any atom is -0.358 e. The van der Waals surface area contributed by atoms with Crippen molar-refractivity contribution in [3.63, 3.8) is 0 Å². The lowest BCUT2D eigenvalue weighted by Gasteiger charge is -2.43. The van der Waals surface area contributed by atoms with Crippen LogP contribution in [-0.4, -0.2) is 44.9 Å². The quantitative estimate of drug-likeness (QED) is 0.812. The Kier molecular flexibility index (Phi) is 6.11. The lowest BCUT2D eigenvalue weighted by molar-refractivity contribution is -0.126. The molecule has 1 aliphatic heterocycles. The van der Waals surface area contributed by atoms with Crippen molar-refractivity contribution in [3.05, 3.63) is 24.3 Å². The van der Waals surface area contributed by atoms with Crippen LogP contribution in [0, 0.1) is 0 Å². The number of rotatable bonds is 4. The first-order valence-corrected chi connectivity index (χ1v) is 9.72. The molecular weight excluding hydrogens is 354 g/mol. The second-order valence-corrected chi connectivity index (χ2v) is 8.38. The van der Waals surface area contributed by atoms with Crippen LogP contribution < -0.4 is 10.2 Å². The largest absolute Gasteiger partial charge is 0.358 e. The summed E-state index contributed by atoms with van der Waals surface area (Å²) in [4.78, 5) is 29.3. The number of nitrogens with zero attached hydrogens (tertiary/aromatic N) is 2. The highest BCUT2D eigenvalue weighted by Gasteiger charge is 2.44. The van der Waals surface area contributed by atoms with E-state index < -0.39 is 5.54 Å². The van der Waals surface area contributed by atoms with E-state index in [-0.39, 0.29) is 17.1 Å². The molecule has 0 aromatic heterocycles. The maximum atomic E-state index is 13.2. The summed E-state index contributed by atoms with van der Waals surface area (Å²) < 4.78 is 0.707. The highest BCUT2D eigenvalue weighted by atomic mass is 32.2. The number of para-hydroxylation sites is 2. The molecule has 0 unspecified atom stereocenters. The SMILES string of the molecule is CCN(CC)C(=S)S[C@H](C)C(=O)N1c2ccccc2NC(=O)C1(C)C. The van der Waals surface area contributed by atoms with E-state index in [4.69, 9.17) is 12.2 Å². The third-order valence-electron chi connectivity index (χ3n) is 4.38. The minimum absolute atomic E-state index is 0.119. The van der Waals surface area contributed by atoms with Crippen molar-refractivity contribution in [2.24, 2.45) is 0 Å². The zero-order valence-corrected chi connectivity index (χ0v) is 17.0. The number of nitrogens with one attached hydrogen (secondary N) is 1. The average Bonchev–Trinajstić information content (AvgIpc) is 2.56. The van der Waals surface area contributed by atoms with E-state index in [9.17, 15) is 9.59 Å². The smallest absolute Gasteiger partial charge is 0.250 e. The number of fused-ring (bicyclic) bond motifs is 1. The third kappa shape index (κ3) is 3.82. The lowest BCUT2D eigenvalue weighted by Crippen LogP contribution is -2.60. The van der Waals surface area contributed by atoms with Crippen LogP contribution in [-0.2, 0) is 9.59 Å². The number of benzene rings is 1. The van der Waals surface area contributed by atoms with Crippen LogP contribution in [0.15, 0.2) is 24.3 Å². The molecule has 2 amide bonds. The first-order valence-electron chi connectivity index (χ1n) is 8.44. The molecule has 2 rings (SSSR count). The summed E-state index contributed by atoms with van der Waals surface area (Å²) in [5.74, 6) is -0.310. The van der Waals surface area contributed by atoms with E-state index >= 15 is 0 Å². The van der Waals surface area contributed by atoms with E-state index in [1.54, 1.807) is 24.8 Å². The molecule has 1 heterocycles. The fourth-order valence-corrected chi connectivity index (χ4v) is 4.39. The van der Waals surface area contributed by atoms with Crippen molar-refractivity contribution in [2.45, 2.75) is 45.4 Å². The van der Waals surface area contributed by atoms with Gasteiger partial charge in [-0.25, -0.2) is 0 Å². The number of carbonyl (C=O) groups excluding carboxylic acids is 2. The molecule has 1 atom stereocenters. The fraction of sp³-hybridized carbons (Fsp3) is 0.500. The Labute approximate surface area is 159 Å². The maximum Gasteiger partial charge on any atom is 0.250 e. The Bertz CT molecular complexity index is 687. The number of anilines is 2. The van der Waals surface area contributed by atoms with Gasteiger partial charge >= 0.3 is 0 Å². The van der Waals surface area contributed by atoms with Crippen LogP contribution in [0.1, 0.15) is 34.6 Å². The van der Waals surface area contributed by atoms with E-state index in [1.807, 2.05) is 43.9 Å². The summed E-state index contributed by atoms with van der Waals surface area (Å²) in [7, 11) is 0. The molecule has 0 spiro atoms. The number of hydrogen-bond acceptors (Lipinski definition) is 4. The van der Waals surface area contributed by atoms with Gasteiger partial charge in [0.25, 0.3) is 0 Å². The van der Waals surface area contributed by atoms with Gasteiger partial charge in [0.2, 0.25) is 11.8 Å². The highest BCUT2D eigenvalue weighted by Crippen LogP contribution is 2.38. The zero-order chi connectivity index (χ0) is 18.8. The molecule has 7 heteroatoms. The Balaban J connectivity index is 2.30. The number of carbonyl (C=O) groups is 2. The summed E-state index contributed by atoms with van der Waals surface area (Å²) in [5.41, 5.74) is 0.416. The first-order chi connectivity index (χ1) is 11.7. The normalized spacial score (nSPS) is 16.7. The van der Waals surface area contributed by atoms with Crippen molar-refractivity contribution >= 4 is 51.5 Å². The first kappa shape index (κ1) is 19.7. The Hall–Kier alpha value is -1.60. The van der Waals surface area contributed by atoms with Gasteiger partial charge in [-0.05, 0) is 46.8 Å². The van der Waals surface area contributed by atoms with Crippen LogP contribution in [0.3, 0.4) is 0 Å². The molecule has 0 radical (unpaired) electrons. The second-order valence-electron chi connectivity index (χ2n) is 6.40. The van der Waals surface area contributed by atoms with Crippen molar-refractivity contribution in [1.29, 1.82) is 0 Å². The van der Waals surface area contributed by atoms with Crippen LogP contribution in [0.2, 0.25) is 0 Å². The van der Waals surface area contributed by atoms with Gasteiger partial charge < -0.3 is 10.2 Å². The third-order valence-corrected chi connectivity index (χ3v) is 5.94. The van der Waals surface area contributed by atoms with Crippen LogP contribution in [0.5, 0.6) is 0 Å². The monoisotopic (exact) mass is 379 g/mol. The summed E-state index contributed by atoms with van der Waals surface area (Å²) in [6.45, 7) is 11.1. The summed E-state index contributed by atoms with van der Waals surface area (Å²) in [6.07, 6.45) is 0. The fourth-order valence-electron chi connectivity index (χ4n) is 2.79. The van der Waals surface area contributed by atoms with E-state index in [1.165, 1.54) is 11.8 Å². The molecule has 5 nitrogen and oxygen atoms in total. The summed E-state index contributed by atoms with van der Waals surface area (Å²) in [6, 6.07) is 7.37. The number of thioether (sulfide) groups is 1.